The first-order valence-electron chi connectivity index (χ1n) is 4.94. The Bertz CT molecular complexity index is 323. The number of nitrogen functional groups attached to an aromatic ring is 1. The molecule has 1 heterocycles. The van der Waals surface area contributed by atoms with Gasteiger partial charge in [0, 0.05) is 24.8 Å². The number of aromatic nitrogens is 1. The summed E-state index contributed by atoms with van der Waals surface area (Å²) in [7, 11) is 0. The Kier molecular flexibility index (Phi) is 5.07. The molecule has 0 spiro atoms. The normalized spacial score (nSPS) is 11.3. The third-order valence-electron chi connectivity index (χ3n) is 2.13. The van der Waals surface area contributed by atoms with Crippen LogP contribution < -0.4 is 5.73 Å². The van der Waals surface area contributed by atoms with Gasteiger partial charge in [0.15, 0.2) is 0 Å². The lowest BCUT2D eigenvalue weighted by molar-refractivity contribution is 0.0747. The fourth-order valence-electron chi connectivity index (χ4n) is 1.40. The zero-order valence-electron chi connectivity index (χ0n) is 8.81. The zero-order valence-corrected chi connectivity index (χ0v) is 8.81. The number of halogens is 2. The van der Waals surface area contributed by atoms with Gasteiger partial charge in [-0.05, 0) is 6.07 Å². The van der Waals surface area contributed by atoms with Crippen molar-refractivity contribution in [2.75, 3.05) is 25.4 Å². The molecular formula is C10H15F2N3O. The van der Waals surface area contributed by atoms with E-state index in [1.165, 1.54) is 4.90 Å². The molecule has 0 aromatic carbocycles. The summed E-state index contributed by atoms with van der Waals surface area (Å²) in [4.78, 5) is 5.32. The second kappa shape index (κ2) is 6.34. The number of hydrogen-bond acceptors (Lipinski definition) is 4. The van der Waals surface area contributed by atoms with Gasteiger partial charge in [0.05, 0.1) is 13.2 Å². The van der Waals surface area contributed by atoms with Crippen molar-refractivity contribution in [3.05, 3.63) is 23.9 Å². The highest BCUT2D eigenvalue weighted by molar-refractivity contribution is 5.38. The zero-order chi connectivity index (χ0) is 12.0. The van der Waals surface area contributed by atoms with E-state index in [4.69, 9.17) is 10.8 Å². The minimum atomic E-state index is -2.43. The Labute approximate surface area is 92.7 Å². The van der Waals surface area contributed by atoms with Gasteiger partial charge in [0.25, 0.3) is 6.43 Å². The van der Waals surface area contributed by atoms with E-state index in [-0.39, 0.29) is 26.2 Å². The van der Waals surface area contributed by atoms with Crippen molar-refractivity contribution in [3.63, 3.8) is 0 Å². The monoisotopic (exact) mass is 231 g/mol. The van der Waals surface area contributed by atoms with E-state index in [9.17, 15) is 8.78 Å². The van der Waals surface area contributed by atoms with E-state index in [0.717, 1.165) is 0 Å². The van der Waals surface area contributed by atoms with Crippen LogP contribution in [0.15, 0.2) is 18.3 Å². The van der Waals surface area contributed by atoms with Gasteiger partial charge in [-0.2, -0.15) is 0 Å². The maximum Gasteiger partial charge on any atom is 0.251 e. The lowest BCUT2D eigenvalue weighted by atomic mass is 10.2. The Morgan fingerprint density at radius 1 is 1.50 bits per heavy atom. The van der Waals surface area contributed by atoms with Gasteiger partial charge in [-0.1, -0.05) is 6.07 Å². The minimum absolute atomic E-state index is 0.160. The molecule has 0 saturated heterocycles. The number of anilines is 1. The number of aliphatic hydroxyl groups is 1. The number of hydrogen-bond donors (Lipinski definition) is 2. The molecule has 0 aliphatic heterocycles. The highest BCUT2D eigenvalue weighted by atomic mass is 19.3. The molecule has 1 rings (SSSR count). The topological polar surface area (TPSA) is 62.4 Å². The van der Waals surface area contributed by atoms with Crippen molar-refractivity contribution in [2.45, 2.75) is 13.0 Å². The number of rotatable bonds is 6. The van der Waals surface area contributed by atoms with Gasteiger partial charge < -0.3 is 10.8 Å². The number of pyridine rings is 1. The SMILES string of the molecule is Nc1ncccc1CN(CCO)CC(F)F. The molecule has 1 aromatic rings. The molecular weight excluding hydrogens is 216 g/mol. The van der Waals surface area contributed by atoms with Crippen LogP contribution in [0.1, 0.15) is 5.56 Å². The Morgan fingerprint density at radius 3 is 2.81 bits per heavy atom. The summed E-state index contributed by atoms with van der Waals surface area (Å²) in [5, 5.41) is 8.76. The molecule has 90 valence electrons. The second-order valence-electron chi connectivity index (χ2n) is 3.40. The highest BCUT2D eigenvalue weighted by Crippen LogP contribution is 2.11. The average Bonchev–Trinajstić information content (AvgIpc) is 2.21. The van der Waals surface area contributed by atoms with E-state index in [1.54, 1.807) is 18.3 Å². The Morgan fingerprint density at radius 2 is 2.25 bits per heavy atom. The lowest BCUT2D eigenvalue weighted by Gasteiger charge is -2.21. The van der Waals surface area contributed by atoms with Crippen molar-refractivity contribution in [1.82, 2.24) is 9.88 Å². The molecule has 0 radical (unpaired) electrons. The maximum atomic E-state index is 12.2. The van der Waals surface area contributed by atoms with Crippen LogP contribution in [0.4, 0.5) is 14.6 Å². The first-order chi connectivity index (χ1) is 7.63. The van der Waals surface area contributed by atoms with E-state index in [2.05, 4.69) is 4.98 Å². The molecule has 0 amide bonds. The lowest BCUT2D eigenvalue weighted by Crippen LogP contribution is -2.31. The van der Waals surface area contributed by atoms with Crippen LogP contribution in [0.5, 0.6) is 0 Å². The second-order valence-corrected chi connectivity index (χ2v) is 3.40. The third kappa shape index (κ3) is 4.08. The van der Waals surface area contributed by atoms with E-state index in [1.807, 2.05) is 0 Å². The fourth-order valence-corrected chi connectivity index (χ4v) is 1.40. The number of alkyl halides is 2. The maximum absolute atomic E-state index is 12.2. The van der Waals surface area contributed by atoms with E-state index >= 15 is 0 Å². The largest absolute Gasteiger partial charge is 0.395 e. The van der Waals surface area contributed by atoms with E-state index in [0.29, 0.717) is 11.4 Å². The molecule has 1 aromatic heterocycles. The number of nitrogens with two attached hydrogens (primary N) is 1. The molecule has 0 bridgehead atoms. The minimum Gasteiger partial charge on any atom is -0.395 e. The van der Waals surface area contributed by atoms with Crippen molar-refractivity contribution in [3.8, 4) is 0 Å². The van der Waals surface area contributed by atoms with Crippen molar-refractivity contribution in [2.24, 2.45) is 0 Å². The molecule has 0 aliphatic carbocycles. The molecule has 4 nitrogen and oxygen atoms in total. The summed E-state index contributed by atoms with van der Waals surface area (Å²) in [6.07, 6.45) is -0.882. The van der Waals surface area contributed by atoms with Crippen LogP contribution in [0, 0.1) is 0 Å². The molecule has 0 unspecified atom stereocenters. The summed E-state index contributed by atoms with van der Waals surface area (Å²) < 4.78 is 24.5. The molecule has 0 fully saturated rings. The first kappa shape index (κ1) is 12.8. The predicted octanol–water partition coefficient (Wildman–Crippen LogP) is 0.723. The molecule has 3 N–H and O–H groups in total. The molecule has 16 heavy (non-hydrogen) atoms. The first-order valence-corrected chi connectivity index (χ1v) is 4.94. The summed E-state index contributed by atoms with van der Waals surface area (Å²) in [5.41, 5.74) is 6.30. The summed E-state index contributed by atoms with van der Waals surface area (Å²) in [5.74, 6) is 0.333. The van der Waals surface area contributed by atoms with Gasteiger partial charge >= 0.3 is 0 Å². The number of aliphatic hydroxyl groups excluding tert-OH is 1. The van der Waals surface area contributed by atoms with Crippen LogP contribution in [-0.4, -0.2) is 41.1 Å². The van der Waals surface area contributed by atoms with Gasteiger partial charge in [-0.25, -0.2) is 13.8 Å². The highest BCUT2D eigenvalue weighted by Gasteiger charge is 2.13. The van der Waals surface area contributed by atoms with Crippen LogP contribution >= 0.6 is 0 Å². The predicted molar refractivity (Wildman–Crippen MR) is 57.0 cm³/mol. The fraction of sp³-hybridized carbons (Fsp3) is 0.500. The van der Waals surface area contributed by atoms with Crippen LogP contribution in [0.25, 0.3) is 0 Å². The molecule has 0 atom stereocenters. The quantitative estimate of drug-likeness (QED) is 0.757. The van der Waals surface area contributed by atoms with Crippen molar-refractivity contribution < 1.29 is 13.9 Å². The van der Waals surface area contributed by atoms with E-state index < -0.39 is 6.43 Å². The van der Waals surface area contributed by atoms with Gasteiger partial charge in [-0.15, -0.1) is 0 Å². The Balaban J connectivity index is 2.64. The van der Waals surface area contributed by atoms with Gasteiger partial charge in [0.1, 0.15) is 5.82 Å². The number of nitrogens with zero attached hydrogens (tertiary/aromatic N) is 2. The smallest absolute Gasteiger partial charge is 0.251 e. The van der Waals surface area contributed by atoms with Gasteiger partial charge in [-0.3, -0.25) is 4.90 Å². The van der Waals surface area contributed by atoms with Crippen molar-refractivity contribution >= 4 is 5.82 Å². The van der Waals surface area contributed by atoms with Crippen LogP contribution in [0.3, 0.4) is 0 Å². The Hall–Kier alpha value is -1.27. The summed E-state index contributed by atoms with van der Waals surface area (Å²) in [6, 6.07) is 3.43. The summed E-state index contributed by atoms with van der Waals surface area (Å²) >= 11 is 0. The van der Waals surface area contributed by atoms with Crippen LogP contribution in [0.2, 0.25) is 0 Å². The summed E-state index contributed by atoms with van der Waals surface area (Å²) in [6.45, 7) is -0.0783. The van der Waals surface area contributed by atoms with Crippen LogP contribution in [-0.2, 0) is 6.54 Å². The third-order valence-corrected chi connectivity index (χ3v) is 2.13. The molecule has 0 aliphatic rings. The molecule has 6 heteroatoms. The molecule has 0 saturated carbocycles. The standard InChI is InChI=1S/C10H15F2N3O/c11-9(12)7-15(4-5-16)6-8-2-1-3-14-10(8)13/h1-3,9,16H,4-7H2,(H2,13,14). The average molecular weight is 231 g/mol. The van der Waals surface area contributed by atoms with Gasteiger partial charge in [0.2, 0.25) is 0 Å². The van der Waals surface area contributed by atoms with Crippen molar-refractivity contribution in [1.29, 1.82) is 0 Å².